The van der Waals surface area contributed by atoms with Gasteiger partial charge in [-0.2, -0.15) is 0 Å². The van der Waals surface area contributed by atoms with E-state index in [4.69, 9.17) is 4.74 Å². The lowest BCUT2D eigenvalue weighted by molar-refractivity contribution is -0.143. The molecule has 0 aromatic heterocycles. The minimum atomic E-state index is -0.155. The lowest BCUT2D eigenvalue weighted by Gasteiger charge is -2.37. The number of piperidine rings is 1. The molecule has 0 bridgehead atoms. The molecule has 2 rings (SSSR count). The highest BCUT2D eigenvalue weighted by Gasteiger charge is 2.33. The van der Waals surface area contributed by atoms with Gasteiger partial charge in [0.2, 0.25) is 5.91 Å². The number of hydrogen-bond acceptors (Lipinski definition) is 3. The Bertz CT molecular complexity index is 227. The van der Waals surface area contributed by atoms with Crippen molar-refractivity contribution in [3.8, 4) is 0 Å². The second-order valence-electron chi connectivity index (χ2n) is 4.93. The van der Waals surface area contributed by atoms with Crippen LogP contribution in [0.4, 0.5) is 0 Å². The van der Waals surface area contributed by atoms with Crippen LogP contribution in [0.2, 0.25) is 0 Å². The number of carbonyl (C=O) groups excluding carboxylic acids is 1. The van der Waals surface area contributed by atoms with Crippen molar-refractivity contribution in [2.75, 3.05) is 26.2 Å². The van der Waals surface area contributed by atoms with Gasteiger partial charge in [0.25, 0.3) is 0 Å². The van der Waals surface area contributed by atoms with E-state index in [-0.39, 0.29) is 18.1 Å². The molecule has 0 aliphatic carbocycles. The van der Waals surface area contributed by atoms with Crippen molar-refractivity contribution in [2.45, 2.75) is 31.8 Å². The van der Waals surface area contributed by atoms with E-state index in [9.17, 15) is 4.79 Å². The molecule has 2 aliphatic heterocycles. The van der Waals surface area contributed by atoms with Crippen LogP contribution in [0.5, 0.6) is 0 Å². The van der Waals surface area contributed by atoms with Crippen molar-refractivity contribution in [3.63, 3.8) is 0 Å². The zero-order valence-corrected chi connectivity index (χ0v) is 9.34. The summed E-state index contributed by atoms with van der Waals surface area (Å²) in [6, 6.07) is 0. The summed E-state index contributed by atoms with van der Waals surface area (Å²) in [6.07, 6.45) is 3.58. The van der Waals surface area contributed by atoms with Crippen molar-refractivity contribution in [1.82, 2.24) is 10.6 Å². The molecule has 2 unspecified atom stereocenters. The van der Waals surface area contributed by atoms with Crippen LogP contribution in [0.1, 0.15) is 26.2 Å². The molecule has 0 saturated carbocycles. The van der Waals surface area contributed by atoms with Crippen molar-refractivity contribution in [3.05, 3.63) is 0 Å². The van der Waals surface area contributed by atoms with E-state index < -0.39 is 0 Å². The van der Waals surface area contributed by atoms with E-state index in [0.717, 1.165) is 19.5 Å². The average molecular weight is 212 g/mol. The molecule has 2 N–H and O–H groups in total. The molecule has 4 heteroatoms. The fourth-order valence-corrected chi connectivity index (χ4v) is 2.47. The van der Waals surface area contributed by atoms with Gasteiger partial charge in [0.05, 0.1) is 5.60 Å². The van der Waals surface area contributed by atoms with E-state index in [0.29, 0.717) is 12.5 Å². The Morgan fingerprint density at radius 1 is 1.60 bits per heavy atom. The number of morpholine rings is 1. The third-order valence-electron chi connectivity index (χ3n) is 3.33. The van der Waals surface area contributed by atoms with Crippen LogP contribution >= 0.6 is 0 Å². The summed E-state index contributed by atoms with van der Waals surface area (Å²) in [4.78, 5) is 11.0. The maximum atomic E-state index is 11.0. The Morgan fingerprint density at radius 3 is 3.07 bits per heavy atom. The second kappa shape index (κ2) is 4.49. The topological polar surface area (TPSA) is 50.4 Å². The van der Waals surface area contributed by atoms with Gasteiger partial charge in [-0.05, 0) is 45.2 Å². The number of amides is 1. The molecule has 0 spiro atoms. The molecule has 2 saturated heterocycles. The van der Waals surface area contributed by atoms with Gasteiger partial charge in [-0.25, -0.2) is 0 Å². The van der Waals surface area contributed by atoms with Gasteiger partial charge in [0, 0.05) is 6.54 Å². The van der Waals surface area contributed by atoms with Gasteiger partial charge in [-0.3, -0.25) is 4.79 Å². The molecule has 2 fully saturated rings. The Labute approximate surface area is 90.8 Å². The number of rotatable bonds is 2. The van der Waals surface area contributed by atoms with Gasteiger partial charge in [0.1, 0.15) is 6.61 Å². The Kier molecular flexibility index (Phi) is 3.26. The van der Waals surface area contributed by atoms with Crippen LogP contribution in [0, 0.1) is 5.92 Å². The lowest BCUT2D eigenvalue weighted by Crippen LogP contribution is -2.52. The molecule has 4 nitrogen and oxygen atoms in total. The molecule has 2 atom stereocenters. The highest BCUT2D eigenvalue weighted by Crippen LogP contribution is 2.26. The minimum absolute atomic E-state index is 0.00856. The molecule has 0 radical (unpaired) electrons. The van der Waals surface area contributed by atoms with E-state index in [2.05, 4.69) is 17.6 Å². The maximum Gasteiger partial charge on any atom is 0.246 e. The van der Waals surface area contributed by atoms with Crippen LogP contribution < -0.4 is 10.6 Å². The third-order valence-corrected chi connectivity index (χ3v) is 3.33. The van der Waals surface area contributed by atoms with Crippen LogP contribution in [0.15, 0.2) is 0 Å². The molecule has 2 heterocycles. The summed E-state index contributed by atoms with van der Waals surface area (Å²) in [5, 5.41) is 6.29. The number of carbonyl (C=O) groups is 1. The van der Waals surface area contributed by atoms with Crippen molar-refractivity contribution >= 4 is 5.91 Å². The lowest BCUT2D eigenvalue weighted by atomic mass is 9.86. The summed E-state index contributed by atoms with van der Waals surface area (Å²) in [5.74, 6) is 0.702. The SMILES string of the molecule is CC1(CC2CCCNC2)CNC(=O)CO1. The highest BCUT2D eigenvalue weighted by atomic mass is 16.5. The molecule has 86 valence electrons. The van der Waals surface area contributed by atoms with Gasteiger partial charge in [-0.1, -0.05) is 0 Å². The molecule has 15 heavy (non-hydrogen) atoms. The van der Waals surface area contributed by atoms with Crippen LogP contribution in [-0.2, 0) is 9.53 Å². The molecular weight excluding hydrogens is 192 g/mol. The summed E-state index contributed by atoms with van der Waals surface area (Å²) in [7, 11) is 0. The average Bonchev–Trinajstić information content (AvgIpc) is 2.24. The first-order valence-corrected chi connectivity index (χ1v) is 5.79. The van der Waals surface area contributed by atoms with E-state index >= 15 is 0 Å². The fourth-order valence-electron chi connectivity index (χ4n) is 2.47. The van der Waals surface area contributed by atoms with Gasteiger partial charge >= 0.3 is 0 Å². The van der Waals surface area contributed by atoms with E-state index in [1.807, 2.05) is 0 Å². The largest absolute Gasteiger partial charge is 0.364 e. The first-order valence-electron chi connectivity index (χ1n) is 5.79. The van der Waals surface area contributed by atoms with Crippen LogP contribution in [-0.4, -0.2) is 37.7 Å². The van der Waals surface area contributed by atoms with E-state index in [1.165, 1.54) is 12.8 Å². The van der Waals surface area contributed by atoms with Crippen molar-refractivity contribution in [2.24, 2.45) is 5.92 Å². The quantitative estimate of drug-likeness (QED) is 0.691. The smallest absolute Gasteiger partial charge is 0.246 e. The molecule has 0 aromatic rings. The number of hydrogen-bond donors (Lipinski definition) is 2. The monoisotopic (exact) mass is 212 g/mol. The molecule has 1 amide bonds. The predicted molar refractivity (Wildman–Crippen MR) is 57.6 cm³/mol. The molecule has 0 aromatic carbocycles. The summed E-state index contributed by atoms with van der Waals surface area (Å²) in [5.41, 5.74) is -0.155. The Morgan fingerprint density at radius 2 is 2.47 bits per heavy atom. The van der Waals surface area contributed by atoms with Gasteiger partial charge < -0.3 is 15.4 Å². The third kappa shape index (κ3) is 2.92. The van der Waals surface area contributed by atoms with E-state index in [1.54, 1.807) is 0 Å². The zero-order valence-electron chi connectivity index (χ0n) is 9.34. The normalized spacial score (nSPS) is 37.4. The summed E-state index contributed by atoms with van der Waals surface area (Å²) < 4.78 is 5.64. The molecule has 2 aliphatic rings. The summed E-state index contributed by atoms with van der Waals surface area (Å²) >= 11 is 0. The van der Waals surface area contributed by atoms with Crippen LogP contribution in [0.25, 0.3) is 0 Å². The Balaban J connectivity index is 1.83. The minimum Gasteiger partial charge on any atom is -0.364 e. The molecular formula is C11H20N2O2. The first kappa shape index (κ1) is 10.9. The first-order chi connectivity index (χ1) is 7.18. The predicted octanol–water partition coefficient (Wildman–Crippen LogP) is 0.281. The van der Waals surface area contributed by atoms with Gasteiger partial charge in [-0.15, -0.1) is 0 Å². The number of ether oxygens (including phenoxy) is 1. The van der Waals surface area contributed by atoms with Crippen LogP contribution in [0.3, 0.4) is 0 Å². The maximum absolute atomic E-state index is 11.0. The van der Waals surface area contributed by atoms with Crippen molar-refractivity contribution in [1.29, 1.82) is 0 Å². The second-order valence-corrected chi connectivity index (χ2v) is 4.93. The fraction of sp³-hybridized carbons (Fsp3) is 0.909. The van der Waals surface area contributed by atoms with Crippen molar-refractivity contribution < 1.29 is 9.53 Å². The number of nitrogens with one attached hydrogen (secondary N) is 2. The zero-order chi connectivity index (χ0) is 10.7. The van der Waals surface area contributed by atoms with Gasteiger partial charge in [0.15, 0.2) is 0 Å². The Hall–Kier alpha value is -0.610. The summed E-state index contributed by atoms with van der Waals surface area (Å²) in [6.45, 7) is 5.21. The standard InChI is InChI=1S/C11H20N2O2/c1-11(8-13-10(14)7-15-11)5-9-3-2-4-12-6-9/h9,12H,2-8H2,1H3,(H,13,14). The highest BCUT2D eigenvalue weighted by molar-refractivity contribution is 5.77.